The number of hydrogen-bond acceptors (Lipinski definition) is 0. The molecule has 1 atom stereocenters. The molecule has 11 heavy (non-hydrogen) atoms. The molecule has 0 bridgehead atoms. The Balaban J connectivity index is 2.74. The zero-order chi connectivity index (χ0) is 8.10. The van der Waals surface area contributed by atoms with Gasteiger partial charge in [0, 0.05) is 5.56 Å². The van der Waals surface area contributed by atoms with E-state index >= 15 is 0 Å². The Labute approximate surface area is 68.4 Å². The van der Waals surface area contributed by atoms with Gasteiger partial charge in [-0.2, -0.15) is 7.05 Å². The van der Waals surface area contributed by atoms with Gasteiger partial charge in [-0.25, -0.2) is 0 Å². The quantitative estimate of drug-likeness (QED) is 0.627. The number of hydrogen-bond donors (Lipinski definition) is 1. The molecule has 0 aliphatic heterocycles. The summed E-state index contributed by atoms with van der Waals surface area (Å²) in [5.41, 5.74) is 1.37. The molecule has 0 fully saturated rings. The summed E-state index contributed by atoms with van der Waals surface area (Å²) in [6, 6.07) is 11.0. The maximum absolute atomic E-state index is 3.81. The summed E-state index contributed by atoms with van der Waals surface area (Å²) in [5.74, 6) is 0. The Bertz CT molecular complexity index is 189. The molecule has 1 aromatic rings. The van der Waals surface area contributed by atoms with E-state index in [2.05, 4.69) is 38.2 Å². The van der Waals surface area contributed by atoms with Crippen molar-refractivity contribution in [2.75, 3.05) is 0 Å². The zero-order valence-corrected chi connectivity index (χ0v) is 6.96. The van der Waals surface area contributed by atoms with E-state index in [9.17, 15) is 0 Å². The van der Waals surface area contributed by atoms with Gasteiger partial charge in [-0.05, 0) is 6.42 Å². The van der Waals surface area contributed by atoms with Crippen LogP contribution >= 0.6 is 0 Å². The van der Waals surface area contributed by atoms with Crippen molar-refractivity contribution in [1.29, 1.82) is 0 Å². The Hall–Kier alpha value is -0.820. The maximum Gasteiger partial charge on any atom is 0.0874 e. The molecule has 60 valence electrons. The predicted molar refractivity (Wildman–Crippen MR) is 46.8 cm³/mol. The van der Waals surface area contributed by atoms with E-state index in [1.54, 1.807) is 0 Å². The lowest BCUT2D eigenvalue weighted by molar-refractivity contribution is -0.641. The van der Waals surface area contributed by atoms with E-state index in [0.29, 0.717) is 6.04 Å². The number of benzene rings is 1. The van der Waals surface area contributed by atoms with E-state index in [0.717, 1.165) is 6.42 Å². The minimum atomic E-state index is 0.524. The van der Waals surface area contributed by atoms with Crippen LogP contribution in [-0.2, 0) is 0 Å². The van der Waals surface area contributed by atoms with Crippen LogP contribution in [0.2, 0.25) is 0 Å². The van der Waals surface area contributed by atoms with Crippen molar-refractivity contribution in [1.82, 2.24) is 0 Å². The van der Waals surface area contributed by atoms with Crippen LogP contribution in [0.5, 0.6) is 0 Å². The van der Waals surface area contributed by atoms with Crippen molar-refractivity contribution >= 4 is 0 Å². The first-order valence-electron chi connectivity index (χ1n) is 4.06. The smallest absolute Gasteiger partial charge is 0.0874 e. The summed E-state index contributed by atoms with van der Waals surface area (Å²) in [5, 5.41) is 2.01. The van der Waals surface area contributed by atoms with Crippen molar-refractivity contribution in [3.8, 4) is 0 Å². The fourth-order valence-corrected chi connectivity index (χ4v) is 1.24. The van der Waals surface area contributed by atoms with Gasteiger partial charge in [0.1, 0.15) is 0 Å². The Morgan fingerprint density at radius 1 is 1.36 bits per heavy atom. The molecular formula is C10H15N. The van der Waals surface area contributed by atoms with E-state index in [-0.39, 0.29) is 0 Å². The van der Waals surface area contributed by atoms with Crippen molar-refractivity contribution < 1.29 is 5.32 Å². The molecule has 0 amide bonds. The molecule has 0 unspecified atom stereocenters. The van der Waals surface area contributed by atoms with Crippen molar-refractivity contribution in [3.05, 3.63) is 42.9 Å². The summed E-state index contributed by atoms with van der Waals surface area (Å²) in [7, 11) is 3.81. The van der Waals surface area contributed by atoms with Crippen molar-refractivity contribution in [3.63, 3.8) is 0 Å². The molecule has 0 radical (unpaired) electrons. The second-order valence-electron chi connectivity index (χ2n) is 2.66. The van der Waals surface area contributed by atoms with E-state index in [1.807, 2.05) is 11.4 Å². The van der Waals surface area contributed by atoms with Crippen LogP contribution in [0.25, 0.3) is 0 Å². The third-order valence-electron chi connectivity index (χ3n) is 1.95. The Kier molecular flexibility index (Phi) is 3.12. The highest BCUT2D eigenvalue weighted by Crippen LogP contribution is 2.10. The highest BCUT2D eigenvalue weighted by Gasteiger charge is 2.04. The van der Waals surface area contributed by atoms with Crippen molar-refractivity contribution in [2.24, 2.45) is 0 Å². The van der Waals surface area contributed by atoms with Crippen LogP contribution in [0.15, 0.2) is 30.3 Å². The molecule has 0 aliphatic rings. The minimum absolute atomic E-state index is 0.524. The standard InChI is InChI=1S/C10H15N/c1-3-10(11-2)9-7-5-4-6-8-9/h4-8,10H,2-3,11H2,1H3/t10-/m1/s1. The van der Waals surface area contributed by atoms with Gasteiger partial charge in [-0.15, -0.1) is 0 Å². The lowest BCUT2D eigenvalue weighted by Gasteiger charge is -2.14. The van der Waals surface area contributed by atoms with Crippen LogP contribution in [0, 0.1) is 7.05 Å². The molecule has 1 nitrogen and oxygen atoms in total. The second kappa shape index (κ2) is 4.14. The first-order chi connectivity index (χ1) is 5.38. The predicted octanol–water partition coefficient (Wildman–Crippen LogP) is 1.49. The molecule has 0 saturated carbocycles. The highest BCUT2D eigenvalue weighted by atomic mass is 14.9. The molecule has 1 rings (SSSR count). The van der Waals surface area contributed by atoms with Gasteiger partial charge >= 0.3 is 0 Å². The average Bonchev–Trinajstić information content (AvgIpc) is 2.09. The maximum atomic E-state index is 3.81. The molecule has 0 aliphatic carbocycles. The topological polar surface area (TPSA) is 16.6 Å². The molecule has 0 aromatic heterocycles. The molecule has 1 heteroatoms. The van der Waals surface area contributed by atoms with Gasteiger partial charge < -0.3 is 5.32 Å². The zero-order valence-electron chi connectivity index (χ0n) is 6.96. The van der Waals surface area contributed by atoms with Crippen LogP contribution in [0.1, 0.15) is 24.9 Å². The normalized spacial score (nSPS) is 12.9. The molecule has 0 spiro atoms. The summed E-state index contributed by atoms with van der Waals surface area (Å²) in [6.07, 6.45) is 1.13. The Morgan fingerprint density at radius 3 is 2.45 bits per heavy atom. The SMILES string of the molecule is [CH2-][NH2+][C@H](CC)c1ccccc1. The second-order valence-corrected chi connectivity index (χ2v) is 2.66. The van der Waals surface area contributed by atoms with Gasteiger partial charge in [0.15, 0.2) is 0 Å². The van der Waals surface area contributed by atoms with Gasteiger partial charge in [-0.1, -0.05) is 37.3 Å². The largest absolute Gasteiger partial charge is 0.473 e. The van der Waals surface area contributed by atoms with E-state index < -0.39 is 0 Å². The van der Waals surface area contributed by atoms with Crippen LogP contribution < -0.4 is 5.32 Å². The number of rotatable bonds is 3. The molecule has 2 N–H and O–H groups in total. The fraction of sp³-hybridized carbons (Fsp3) is 0.300. The first-order valence-corrected chi connectivity index (χ1v) is 4.06. The highest BCUT2D eigenvalue weighted by molar-refractivity contribution is 5.16. The summed E-state index contributed by atoms with van der Waals surface area (Å²) < 4.78 is 0. The molecular weight excluding hydrogens is 134 g/mol. The molecule has 1 aromatic carbocycles. The van der Waals surface area contributed by atoms with E-state index in [4.69, 9.17) is 0 Å². The third kappa shape index (κ3) is 2.05. The third-order valence-corrected chi connectivity index (χ3v) is 1.95. The number of quaternary nitrogens is 1. The van der Waals surface area contributed by atoms with Gasteiger partial charge in [0.2, 0.25) is 0 Å². The lowest BCUT2D eigenvalue weighted by Crippen LogP contribution is -2.78. The summed E-state index contributed by atoms with van der Waals surface area (Å²) in [4.78, 5) is 0. The monoisotopic (exact) mass is 149 g/mol. The first kappa shape index (κ1) is 8.28. The lowest BCUT2D eigenvalue weighted by atomic mass is 10.1. The van der Waals surface area contributed by atoms with Crippen LogP contribution in [0.4, 0.5) is 0 Å². The van der Waals surface area contributed by atoms with Gasteiger partial charge in [0.25, 0.3) is 0 Å². The van der Waals surface area contributed by atoms with Gasteiger partial charge in [0.05, 0.1) is 6.04 Å². The minimum Gasteiger partial charge on any atom is -0.473 e. The van der Waals surface area contributed by atoms with E-state index in [1.165, 1.54) is 5.56 Å². The molecule has 0 heterocycles. The molecule has 0 saturated heterocycles. The van der Waals surface area contributed by atoms with Crippen molar-refractivity contribution in [2.45, 2.75) is 19.4 Å². The van der Waals surface area contributed by atoms with Crippen LogP contribution in [0.3, 0.4) is 0 Å². The van der Waals surface area contributed by atoms with Gasteiger partial charge in [-0.3, -0.25) is 0 Å². The van der Waals surface area contributed by atoms with Crippen LogP contribution in [-0.4, -0.2) is 0 Å². The summed E-state index contributed by atoms with van der Waals surface area (Å²) >= 11 is 0. The summed E-state index contributed by atoms with van der Waals surface area (Å²) in [6.45, 7) is 2.18. The average molecular weight is 149 g/mol. The number of nitrogens with two attached hydrogens (primary N) is 1. The fourth-order valence-electron chi connectivity index (χ4n) is 1.24. The Morgan fingerprint density at radius 2 is 2.00 bits per heavy atom.